The maximum Gasteiger partial charge on any atom is 0.303 e. The Kier molecular flexibility index (Phi) is 5.30. The van der Waals surface area contributed by atoms with Crippen molar-refractivity contribution in [2.75, 3.05) is 7.05 Å². The summed E-state index contributed by atoms with van der Waals surface area (Å²) in [5.74, 6) is -0.839. The molecule has 21 heavy (non-hydrogen) atoms. The van der Waals surface area contributed by atoms with Gasteiger partial charge in [0.15, 0.2) is 0 Å². The van der Waals surface area contributed by atoms with Crippen molar-refractivity contribution in [2.24, 2.45) is 0 Å². The van der Waals surface area contributed by atoms with Crippen molar-refractivity contribution in [3.63, 3.8) is 0 Å². The first kappa shape index (κ1) is 15.5. The first-order valence-corrected chi connectivity index (χ1v) is 7.42. The summed E-state index contributed by atoms with van der Waals surface area (Å²) in [4.78, 5) is 24.6. The van der Waals surface area contributed by atoms with E-state index in [1.807, 2.05) is 11.9 Å². The monoisotopic (exact) mass is 294 g/mol. The number of amides is 1. The maximum absolute atomic E-state index is 12.2. The van der Waals surface area contributed by atoms with Gasteiger partial charge in [-0.25, -0.2) is 4.68 Å². The molecule has 116 valence electrons. The van der Waals surface area contributed by atoms with Gasteiger partial charge in [0.1, 0.15) is 6.54 Å². The molecular weight excluding hydrogens is 272 g/mol. The Balaban J connectivity index is 1.85. The minimum absolute atomic E-state index is 0.0224. The number of rotatable bonds is 6. The molecule has 0 saturated heterocycles. The maximum atomic E-state index is 12.2. The highest BCUT2D eigenvalue weighted by Gasteiger charge is 2.22. The van der Waals surface area contributed by atoms with Crippen LogP contribution in [0.1, 0.15) is 44.2 Å². The molecule has 1 aromatic rings. The Morgan fingerprint density at radius 3 is 2.76 bits per heavy atom. The lowest BCUT2D eigenvalue weighted by molar-refractivity contribution is -0.137. The van der Waals surface area contributed by atoms with Gasteiger partial charge in [0.25, 0.3) is 0 Å². The summed E-state index contributed by atoms with van der Waals surface area (Å²) in [6, 6.07) is 0.334. The Morgan fingerprint density at radius 2 is 2.10 bits per heavy atom. The molecule has 0 aliphatic heterocycles. The minimum Gasteiger partial charge on any atom is -0.481 e. The number of aromatic nitrogens is 3. The summed E-state index contributed by atoms with van der Waals surface area (Å²) in [7, 11) is 1.85. The van der Waals surface area contributed by atoms with Gasteiger partial charge in [-0.1, -0.05) is 24.5 Å². The summed E-state index contributed by atoms with van der Waals surface area (Å²) in [5, 5.41) is 16.4. The van der Waals surface area contributed by atoms with Crippen LogP contribution in [0.5, 0.6) is 0 Å². The molecule has 1 N–H and O–H groups in total. The van der Waals surface area contributed by atoms with E-state index in [2.05, 4.69) is 10.3 Å². The molecule has 2 rings (SSSR count). The fourth-order valence-electron chi connectivity index (χ4n) is 2.69. The van der Waals surface area contributed by atoms with Crippen molar-refractivity contribution in [1.82, 2.24) is 19.9 Å². The summed E-state index contributed by atoms with van der Waals surface area (Å²) >= 11 is 0. The SMILES string of the molecule is CN(C(=O)Cn1cc(CCC(=O)O)nn1)C1CCCCC1. The third-order valence-electron chi connectivity index (χ3n) is 3.99. The average Bonchev–Trinajstić information content (AvgIpc) is 2.92. The molecule has 1 amide bonds. The van der Waals surface area contributed by atoms with Crippen LogP contribution in [-0.4, -0.2) is 50.0 Å². The molecule has 7 heteroatoms. The van der Waals surface area contributed by atoms with E-state index >= 15 is 0 Å². The summed E-state index contributed by atoms with van der Waals surface area (Å²) in [6.07, 6.45) is 7.78. The molecule has 0 spiro atoms. The third kappa shape index (κ3) is 4.54. The quantitative estimate of drug-likeness (QED) is 0.848. The Bertz CT molecular complexity index is 494. The number of aryl methyl sites for hydroxylation is 1. The van der Waals surface area contributed by atoms with Crippen molar-refractivity contribution >= 4 is 11.9 Å². The van der Waals surface area contributed by atoms with E-state index in [9.17, 15) is 9.59 Å². The van der Waals surface area contributed by atoms with E-state index in [1.165, 1.54) is 23.9 Å². The number of aliphatic carboxylic acids is 1. The van der Waals surface area contributed by atoms with Crippen LogP contribution >= 0.6 is 0 Å². The van der Waals surface area contributed by atoms with Gasteiger partial charge in [0.2, 0.25) is 5.91 Å². The highest BCUT2D eigenvalue weighted by Crippen LogP contribution is 2.21. The second-order valence-electron chi connectivity index (χ2n) is 5.60. The average molecular weight is 294 g/mol. The van der Waals surface area contributed by atoms with Crippen molar-refractivity contribution in [3.8, 4) is 0 Å². The normalized spacial score (nSPS) is 15.9. The number of carbonyl (C=O) groups excluding carboxylic acids is 1. The standard InChI is InChI=1S/C14H22N4O3/c1-17(12-5-3-2-4-6-12)13(19)10-18-9-11(15-16-18)7-8-14(20)21/h9,12H,2-8,10H2,1H3,(H,20,21). The molecular formula is C14H22N4O3. The first-order valence-electron chi connectivity index (χ1n) is 7.42. The lowest BCUT2D eigenvalue weighted by Gasteiger charge is -2.31. The van der Waals surface area contributed by atoms with Crippen molar-refractivity contribution < 1.29 is 14.7 Å². The van der Waals surface area contributed by atoms with E-state index in [-0.39, 0.29) is 18.9 Å². The van der Waals surface area contributed by atoms with Crippen LogP contribution in [0.3, 0.4) is 0 Å². The minimum atomic E-state index is -0.863. The lowest BCUT2D eigenvalue weighted by Crippen LogP contribution is -2.40. The molecule has 0 radical (unpaired) electrons. The van der Waals surface area contributed by atoms with Crippen LogP contribution in [0.15, 0.2) is 6.20 Å². The molecule has 1 aliphatic carbocycles. The molecule has 0 unspecified atom stereocenters. The molecule has 1 aromatic heterocycles. The molecule has 1 aliphatic rings. The number of likely N-dealkylation sites (N-methyl/N-ethyl adjacent to an activating group) is 1. The molecule has 1 saturated carbocycles. The molecule has 0 atom stereocenters. The van der Waals surface area contributed by atoms with Crippen LogP contribution in [0, 0.1) is 0 Å². The number of hydrogen-bond acceptors (Lipinski definition) is 4. The van der Waals surface area contributed by atoms with Gasteiger partial charge in [0, 0.05) is 25.7 Å². The van der Waals surface area contributed by atoms with Crippen LogP contribution < -0.4 is 0 Å². The third-order valence-corrected chi connectivity index (χ3v) is 3.99. The van der Waals surface area contributed by atoms with Gasteiger partial charge >= 0.3 is 5.97 Å². The highest BCUT2D eigenvalue weighted by molar-refractivity contribution is 5.76. The van der Waals surface area contributed by atoms with Crippen LogP contribution in [0.4, 0.5) is 0 Å². The van der Waals surface area contributed by atoms with Crippen LogP contribution in [0.25, 0.3) is 0 Å². The number of carbonyl (C=O) groups is 2. The second kappa shape index (κ2) is 7.19. The molecule has 1 heterocycles. The van der Waals surface area contributed by atoms with E-state index in [0.29, 0.717) is 18.2 Å². The number of carboxylic acids is 1. The van der Waals surface area contributed by atoms with Gasteiger partial charge < -0.3 is 10.0 Å². The van der Waals surface area contributed by atoms with Crippen LogP contribution in [-0.2, 0) is 22.6 Å². The van der Waals surface area contributed by atoms with E-state index in [1.54, 1.807) is 6.20 Å². The summed E-state index contributed by atoms with van der Waals surface area (Å²) < 4.78 is 1.48. The Hall–Kier alpha value is -1.92. The number of carboxylic acid groups (broad SMARTS) is 1. The van der Waals surface area contributed by atoms with E-state index in [4.69, 9.17) is 5.11 Å². The fourth-order valence-corrected chi connectivity index (χ4v) is 2.69. The van der Waals surface area contributed by atoms with E-state index < -0.39 is 5.97 Å². The van der Waals surface area contributed by atoms with Crippen molar-refractivity contribution in [2.45, 2.75) is 57.5 Å². The van der Waals surface area contributed by atoms with Crippen LogP contribution in [0.2, 0.25) is 0 Å². The molecule has 0 aromatic carbocycles. The van der Waals surface area contributed by atoms with Gasteiger partial charge in [-0.2, -0.15) is 0 Å². The number of hydrogen-bond donors (Lipinski definition) is 1. The Labute approximate surface area is 123 Å². The fraction of sp³-hybridized carbons (Fsp3) is 0.714. The van der Waals surface area contributed by atoms with E-state index in [0.717, 1.165) is 12.8 Å². The smallest absolute Gasteiger partial charge is 0.303 e. The summed E-state index contributed by atoms with van der Waals surface area (Å²) in [6.45, 7) is 0.160. The second-order valence-corrected chi connectivity index (χ2v) is 5.60. The zero-order valence-electron chi connectivity index (χ0n) is 12.4. The van der Waals surface area contributed by atoms with Gasteiger partial charge in [-0.05, 0) is 12.8 Å². The van der Waals surface area contributed by atoms with Gasteiger partial charge in [-0.3, -0.25) is 9.59 Å². The van der Waals surface area contributed by atoms with Gasteiger partial charge in [0.05, 0.1) is 12.1 Å². The summed E-state index contributed by atoms with van der Waals surface area (Å²) in [5.41, 5.74) is 0.602. The van der Waals surface area contributed by atoms with Crippen molar-refractivity contribution in [1.29, 1.82) is 0 Å². The largest absolute Gasteiger partial charge is 0.481 e. The highest BCUT2D eigenvalue weighted by atomic mass is 16.4. The topological polar surface area (TPSA) is 88.3 Å². The van der Waals surface area contributed by atoms with Crippen molar-refractivity contribution in [3.05, 3.63) is 11.9 Å². The molecule has 1 fully saturated rings. The molecule has 7 nitrogen and oxygen atoms in total. The van der Waals surface area contributed by atoms with Gasteiger partial charge in [-0.15, -0.1) is 5.10 Å². The molecule has 0 bridgehead atoms. The predicted molar refractivity (Wildman–Crippen MR) is 75.6 cm³/mol. The zero-order valence-corrected chi connectivity index (χ0v) is 12.4. The lowest BCUT2D eigenvalue weighted by atomic mass is 9.94. The zero-order chi connectivity index (χ0) is 15.2. The predicted octanol–water partition coefficient (Wildman–Crippen LogP) is 1.09. The number of nitrogens with zero attached hydrogens (tertiary/aromatic N) is 4. The first-order chi connectivity index (χ1) is 10.1. The Morgan fingerprint density at radius 1 is 1.38 bits per heavy atom.